The number of hydrogen-bond donors (Lipinski definition) is 2. The molecular weight excluding hydrogens is 305 g/mol. The van der Waals surface area contributed by atoms with Crippen LogP contribution in [0.25, 0.3) is 0 Å². The second-order valence-electron chi connectivity index (χ2n) is 5.48. The molecule has 0 bridgehead atoms. The lowest BCUT2D eigenvalue weighted by atomic mass is 9.99. The largest absolute Gasteiger partial charge is 0.481 e. The molecule has 122 valence electrons. The van der Waals surface area contributed by atoms with E-state index in [2.05, 4.69) is 19.2 Å². The van der Waals surface area contributed by atoms with Crippen molar-refractivity contribution in [3.05, 3.63) is 35.6 Å². The van der Waals surface area contributed by atoms with Crippen LogP contribution in [0, 0.1) is 11.7 Å². The standard InChI is InChI=1S/C16H22FNO3S/c1-11(2)7-8-22-10-15(19)18-9-14(16(20)21)12-3-5-13(17)6-4-12/h3-6,11,14H,7-10H2,1-2H3,(H,18,19)(H,20,21). The minimum Gasteiger partial charge on any atom is -0.481 e. The molecule has 1 atom stereocenters. The number of benzene rings is 1. The molecule has 0 aliphatic carbocycles. The summed E-state index contributed by atoms with van der Waals surface area (Å²) in [6.45, 7) is 4.26. The molecule has 4 nitrogen and oxygen atoms in total. The number of rotatable bonds is 9. The molecule has 1 aromatic carbocycles. The lowest BCUT2D eigenvalue weighted by molar-refractivity contribution is -0.138. The van der Waals surface area contributed by atoms with E-state index in [1.807, 2.05) is 0 Å². The second-order valence-corrected chi connectivity index (χ2v) is 6.59. The minimum atomic E-state index is -1.04. The van der Waals surface area contributed by atoms with Gasteiger partial charge in [0.25, 0.3) is 0 Å². The number of amides is 1. The maximum atomic E-state index is 12.9. The monoisotopic (exact) mass is 327 g/mol. The highest BCUT2D eigenvalue weighted by Crippen LogP contribution is 2.16. The molecule has 1 aromatic rings. The first-order valence-electron chi connectivity index (χ1n) is 7.23. The van der Waals surface area contributed by atoms with Crippen molar-refractivity contribution in [3.8, 4) is 0 Å². The van der Waals surface area contributed by atoms with Crippen LogP contribution in [0.1, 0.15) is 31.7 Å². The Kier molecular flexibility index (Phi) is 7.95. The number of nitrogens with one attached hydrogen (secondary N) is 1. The lowest BCUT2D eigenvalue weighted by Gasteiger charge is -2.14. The molecule has 1 amide bonds. The highest BCUT2D eigenvalue weighted by molar-refractivity contribution is 7.99. The summed E-state index contributed by atoms with van der Waals surface area (Å²) in [5.41, 5.74) is 0.474. The SMILES string of the molecule is CC(C)CCSCC(=O)NCC(C(=O)O)c1ccc(F)cc1. The van der Waals surface area contributed by atoms with Crippen molar-refractivity contribution < 1.29 is 19.1 Å². The molecule has 2 N–H and O–H groups in total. The maximum absolute atomic E-state index is 12.9. The van der Waals surface area contributed by atoms with Crippen molar-refractivity contribution in [1.29, 1.82) is 0 Å². The minimum absolute atomic E-state index is 0.00450. The number of carboxylic acid groups (broad SMARTS) is 1. The van der Waals surface area contributed by atoms with Gasteiger partial charge in [0.05, 0.1) is 11.7 Å². The zero-order chi connectivity index (χ0) is 16.5. The smallest absolute Gasteiger partial charge is 0.312 e. The zero-order valence-electron chi connectivity index (χ0n) is 12.8. The predicted octanol–water partition coefficient (Wildman–Crippen LogP) is 2.89. The molecule has 0 fully saturated rings. The van der Waals surface area contributed by atoms with E-state index in [9.17, 15) is 19.1 Å². The Bertz CT molecular complexity index is 491. The summed E-state index contributed by atoms with van der Waals surface area (Å²) < 4.78 is 12.9. The molecule has 1 rings (SSSR count). The van der Waals surface area contributed by atoms with E-state index in [0.717, 1.165) is 12.2 Å². The van der Waals surface area contributed by atoms with Gasteiger partial charge in [0, 0.05) is 6.54 Å². The zero-order valence-corrected chi connectivity index (χ0v) is 13.7. The molecule has 0 saturated heterocycles. The van der Waals surface area contributed by atoms with Crippen molar-refractivity contribution >= 4 is 23.6 Å². The van der Waals surface area contributed by atoms with Gasteiger partial charge in [-0.05, 0) is 35.8 Å². The van der Waals surface area contributed by atoms with E-state index in [-0.39, 0.29) is 12.5 Å². The van der Waals surface area contributed by atoms with E-state index in [1.165, 1.54) is 36.0 Å². The van der Waals surface area contributed by atoms with Crippen molar-refractivity contribution in [2.24, 2.45) is 5.92 Å². The normalized spacial score (nSPS) is 12.2. The number of carboxylic acids is 1. The van der Waals surface area contributed by atoms with Crippen molar-refractivity contribution in [1.82, 2.24) is 5.32 Å². The number of carbonyl (C=O) groups excluding carboxylic acids is 1. The summed E-state index contributed by atoms with van der Waals surface area (Å²) in [6, 6.07) is 5.29. The summed E-state index contributed by atoms with van der Waals surface area (Å²) in [7, 11) is 0. The van der Waals surface area contributed by atoms with E-state index in [0.29, 0.717) is 17.2 Å². The second kappa shape index (κ2) is 9.46. The van der Waals surface area contributed by atoms with Crippen molar-refractivity contribution in [2.45, 2.75) is 26.2 Å². The van der Waals surface area contributed by atoms with Gasteiger partial charge in [0.1, 0.15) is 5.82 Å². The first kappa shape index (κ1) is 18.5. The Morgan fingerprint density at radius 1 is 1.27 bits per heavy atom. The fourth-order valence-corrected chi connectivity index (χ4v) is 2.86. The lowest BCUT2D eigenvalue weighted by Crippen LogP contribution is -2.32. The quantitative estimate of drug-likeness (QED) is 0.685. The van der Waals surface area contributed by atoms with Crippen LogP contribution in [0.5, 0.6) is 0 Å². The first-order valence-corrected chi connectivity index (χ1v) is 8.38. The van der Waals surface area contributed by atoms with Crippen LogP contribution in [-0.4, -0.2) is 35.0 Å². The molecule has 6 heteroatoms. The molecule has 0 spiro atoms. The van der Waals surface area contributed by atoms with Gasteiger partial charge in [-0.2, -0.15) is 11.8 Å². The number of halogens is 1. The summed E-state index contributed by atoms with van der Waals surface area (Å²) >= 11 is 1.54. The van der Waals surface area contributed by atoms with Crippen molar-refractivity contribution in [2.75, 3.05) is 18.1 Å². The van der Waals surface area contributed by atoms with Crippen LogP contribution in [0.4, 0.5) is 4.39 Å². The van der Waals surface area contributed by atoms with Gasteiger partial charge in [0.2, 0.25) is 5.91 Å². The molecule has 0 heterocycles. The number of aliphatic carboxylic acids is 1. The summed E-state index contributed by atoms with van der Waals surface area (Å²) in [6.07, 6.45) is 1.05. The van der Waals surface area contributed by atoms with E-state index >= 15 is 0 Å². The van der Waals surface area contributed by atoms with E-state index in [1.54, 1.807) is 0 Å². The van der Waals surface area contributed by atoms with Crippen molar-refractivity contribution in [3.63, 3.8) is 0 Å². The van der Waals surface area contributed by atoms with Crippen LogP contribution in [0.3, 0.4) is 0 Å². The average molecular weight is 327 g/mol. The highest BCUT2D eigenvalue weighted by atomic mass is 32.2. The number of thioether (sulfide) groups is 1. The molecule has 0 aliphatic rings. The summed E-state index contributed by atoms with van der Waals surface area (Å²) in [5, 5.41) is 11.9. The van der Waals surface area contributed by atoms with E-state index < -0.39 is 17.7 Å². The molecule has 0 aromatic heterocycles. The van der Waals surface area contributed by atoms with Gasteiger partial charge in [0.15, 0.2) is 0 Å². The van der Waals surface area contributed by atoms with Gasteiger partial charge in [-0.25, -0.2) is 4.39 Å². The number of carbonyl (C=O) groups is 2. The highest BCUT2D eigenvalue weighted by Gasteiger charge is 2.20. The van der Waals surface area contributed by atoms with Crippen LogP contribution >= 0.6 is 11.8 Å². The molecular formula is C16H22FNO3S. The predicted molar refractivity (Wildman–Crippen MR) is 86.6 cm³/mol. The fraction of sp³-hybridized carbons (Fsp3) is 0.500. The average Bonchev–Trinajstić information content (AvgIpc) is 2.45. The maximum Gasteiger partial charge on any atom is 0.312 e. The van der Waals surface area contributed by atoms with Crippen LogP contribution in [0.2, 0.25) is 0 Å². The van der Waals surface area contributed by atoms with Crippen LogP contribution in [0.15, 0.2) is 24.3 Å². The third kappa shape index (κ3) is 6.93. The Morgan fingerprint density at radius 3 is 2.45 bits per heavy atom. The Morgan fingerprint density at radius 2 is 1.91 bits per heavy atom. The molecule has 22 heavy (non-hydrogen) atoms. The van der Waals surface area contributed by atoms with Crippen LogP contribution < -0.4 is 5.32 Å². The third-order valence-corrected chi connectivity index (χ3v) is 4.14. The summed E-state index contributed by atoms with van der Waals surface area (Å²) in [4.78, 5) is 23.0. The Balaban J connectivity index is 2.43. The fourth-order valence-electron chi connectivity index (χ4n) is 1.79. The molecule has 0 saturated carbocycles. The molecule has 1 unspecified atom stereocenters. The van der Waals surface area contributed by atoms with Gasteiger partial charge < -0.3 is 10.4 Å². The van der Waals surface area contributed by atoms with E-state index in [4.69, 9.17) is 0 Å². The Hall–Kier alpha value is -1.56. The molecule has 0 radical (unpaired) electrons. The Labute approximate surface area is 134 Å². The number of hydrogen-bond acceptors (Lipinski definition) is 3. The van der Waals surface area contributed by atoms with Gasteiger partial charge >= 0.3 is 5.97 Å². The summed E-state index contributed by atoms with van der Waals surface area (Å²) in [5.74, 6) is -0.677. The van der Waals surface area contributed by atoms with Gasteiger partial charge in [-0.1, -0.05) is 26.0 Å². The molecule has 0 aliphatic heterocycles. The van der Waals surface area contributed by atoms with Gasteiger partial charge in [-0.3, -0.25) is 9.59 Å². The van der Waals surface area contributed by atoms with Gasteiger partial charge in [-0.15, -0.1) is 0 Å². The third-order valence-electron chi connectivity index (χ3n) is 3.15. The van der Waals surface area contributed by atoms with Crippen LogP contribution in [-0.2, 0) is 9.59 Å². The topological polar surface area (TPSA) is 66.4 Å². The first-order chi connectivity index (χ1) is 10.4.